The SMILES string of the molecule is Cc1cc(C(=O)NC(C)c2cccc(OC(F)(F)F)c2)cc(CC(=O)C(C)(C)O)n1. The maximum absolute atomic E-state index is 12.6. The summed E-state index contributed by atoms with van der Waals surface area (Å²) in [5.74, 6) is -1.30. The summed E-state index contributed by atoms with van der Waals surface area (Å²) in [6.45, 7) is 6.03. The third-order valence-electron chi connectivity index (χ3n) is 4.23. The van der Waals surface area contributed by atoms with Crippen molar-refractivity contribution in [2.45, 2.75) is 52.1 Å². The van der Waals surface area contributed by atoms with E-state index in [0.717, 1.165) is 0 Å². The van der Waals surface area contributed by atoms with E-state index in [-0.39, 0.29) is 17.7 Å². The number of hydrogen-bond donors (Lipinski definition) is 2. The van der Waals surface area contributed by atoms with Gasteiger partial charge in [-0.05, 0) is 57.5 Å². The number of aromatic nitrogens is 1. The molecule has 0 bridgehead atoms. The van der Waals surface area contributed by atoms with E-state index in [0.29, 0.717) is 17.0 Å². The number of rotatable bonds is 7. The monoisotopic (exact) mass is 424 g/mol. The predicted molar refractivity (Wildman–Crippen MR) is 103 cm³/mol. The number of carbonyl (C=O) groups excluding carboxylic acids is 2. The van der Waals surface area contributed by atoms with Gasteiger partial charge in [0.2, 0.25) is 0 Å². The minimum absolute atomic E-state index is 0.141. The van der Waals surface area contributed by atoms with Gasteiger partial charge in [-0.3, -0.25) is 14.6 Å². The summed E-state index contributed by atoms with van der Waals surface area (Å²) >= 11 is 0. The van der Waals surface area contributed by atoms with E-state index < -0.39 is 29.7 Å². The minimum Gasteiger partial charge on any atom is -0.406 e. The van der Waals surface area contributed by atoms with E-state index >= 15 is 0 Å². The van der Waals surface area contributed by atoms with Crippen LogP contribution in [0.1, 0.15) is 54.1 Å². The lowest BCUT2D eigenvalue weighted by molar-refractivity contribution is -0.274. The Morgan fingerprint density at radius 2 is 1.87 bits per heavy atom. The number of halogens is 3. The Morgan fingerprint density at radius 3 is 2.47 bits per heavy atom. The molecule has 9 heteroatoms. The van der Waals surface area contributed by atoms with E-state index in [1.54, 1.807) is 19.9 Å². The number of aliphatic hydroxyl groups is 1. The third-order valence-corrected chi connectivity index (χ3v) is 4.23. The van der Waals surface area contributed by atoms with Crippen molar-refractivity contribution in [2.24, 2.45) is 0 Å². The molecule has 1 amide bonds. The lowest BCUT2D eigenvalue weighted by Gasteiger charge is -2.17. The van der Waals surface area contributed by atoms with Gasteiger partial charge in [0.1, 0.15) is 11.4 Å². The number of nitrogens with zero attached hydrogens (tertiary/aromatic N) is 1. The first kappa shape index (κ1) is 23.3. The van der Waals surface area contributed by atoms with Gasteiger partial charge in [0.15, 0.2) is 5.78 Å². The maximum Gasteiger partial charge on any atom is 0.573 e. The Bertz CT molecular complexity index is 937. The van der Waals surface area contributed by atoms with Gasteiger partial charge in [-0.1, -0.05) is 12.1 Å². The number of benzene rings is 1. The van der Waals surface area contributed by atoms with Crippen LogP contribution in [0.3, 0.4) is 0 Å². The first-order valence-electron chi connectivity index (χ1n) is 9.14. The molecule has 0 radical (unpaired) electrons. The largest absolute Gasteiger partial charge is 0.573 e. The van der Waals surface area contributed by atoms with E-state index in [1.165, 1.54) is 44.2 Å². The average molecular weight is 424 g/mol. The standard InChI is InChI=1S/C21H23F3N2O4/c1-12-8-15(9-16(25-12)11-18(27)20(3,4)29)19(28)26-13(2)14-6-5-7-17(10-14)30-21(22,23)24/h5-10,13,29H,11H2,1-4H3,(H,26,28). The second-order valence-electron chi connectivity index (χ2n) is 7.46. The molecular weight excluding hydrogens is 401 g/mol. The van der Waals surface area contributed by atoms with Crippen molar-refractivity contribution in [3.8, 4) is 5.75 Å². The molecule has 6 nitrogen and oxygen atoms in total. The Kier molecular flexibility index (Phi) is 6.87. The molecule has 0 aliphatic rings. The smallest absolute Gasteiger partial charge is 0.406 e. The van der Waals surface area contributed by atoms with Crippen molar-refractivity contribution in [3.05, 3.63) is 58.9 Å². The van der Waals surface area contributed by atoms with Crippen molar-refractivity contribution in [3.63, 3.8) is 0 Å². The van der Waals surface area contributed by atoms with Crippen molar-refractivity contribution in [1.29, 1.82) is 0 Å². The van der Waals surface area contributed by atoms with Crippen LogP contribution in [0.5, 0.6) is 5.75 Å². The van der Waals surface area contributed by atoms with Crippen LogP contribution < -0.4 is 10.1 Å². The van der Waals surface area contributed by atoms with Gasteiger partial charge in [0.05, 0.1) is 12.5 Å². The fourth-order valence-corrected chi connectivity index (χ4v) is 2.68. The van der Waals surface area contributed by atoms with Crippen LogP contribution in [-0.2, 0) is 11.2 Å². The number of carbonyl (C=O) groups is 2. The van der Waals surface area contributed by atoms with Crippen LogP contribution in [0.25, 0.3) is 0 Å². The number of ether oxygens (including phenoxy) is 1. The highest BCUT2D eigenvalue weighted by Gasteiger charge is 2.31. The van der Waals surface area contributed by atoms with Crippen molar-refractivity contribution < 1.29 is 32.6 Å². The Hall–Kier alpha value is -2.94. The molecule has 0 saturated carbocycles. The summed E-state index contributed by atoms with van der Waals surface area (Å²) in [6, 6.07) is 7.71. The van der Waals surface area contributed by atoms with E-state index in [9.17, 15) is 27.9 Å². The number of Topliss-reactive ketones (excluding diaryl/α,β-unsaturated/α-hetero) is 1. The van der Waals surface area contributed by atoms with Gasteiger partial charge < -0.3 is 15.2 Å². The second-order valence-corrected chi connectivity index (χ2v) is 7.46. The normalized spacial score (nSPS) is 12.9. The zero-order valence-electron chi connectivity index (χ0n) is 17.0. The second kappa shape index (κ2) is 8.83. The quantitative estimate of drug-likeness (QED) is 0.708. The number of hydrogen-bond acceptors (Lipinski definition) is 5. The van der Waals surface area contributed by atoms with Crippen LogP contribution in [0.4, 0.5) is 13.2 Å². The average Bonchev–Trinajstić information content (AvgIpc) is 2.59. The lowest BCUT2D eigenvalue weighted by atomic mass is 9.98. The van der Waals surface area contributed by atoms with E-state index in [2.05, 4.69) is 15.0 Å². The Labute approximate surface area is 172 Å². The molecule has 1 aromatic heterocycles. The summed E-state index contributed by atoms with van der Waals surface area (Å²) in [7, 11) is 0. The fourth-order valence-electron chi connectivity index (χ4n) is 2.68. The fraction of sp³-hybridized carbons (Fsp3) is 0.381. The van der Waals surface area contributed by atoms with Gasteiger partial charge in [0, 0.05) is 17.0 Å². The molecule has 1 atom stereocenters. The van der Waals surface area contributed by atoms with Crippen molar-refractivity contribution >= 4 is 11.7 Å². The predicted octanol–water partition coefficient (Wildman–Crippen LogP) is 3.66. The van der Waals surface area contributed by atoms with Gasteiger partial charge in [-0.15, -0.1) is 13.2 Å². The number of pyridine rings is 1. The molecule has 0 saturated heterocycles. The highest BCUT2D eigenvalue weighted by atomic mass is 19.4. The van der Waals surface area contributed by atoms with Crippen LogP contribution in [0.2, 0.25) is 0 Å². The maximum atomic E-state index is 12.6. The first-order valence-corrected chi connectivity index (χ1v) is 9.14. The third kappa shape index (κ3) is 6.84. The summed E-state index contributed by atoms with van der Waals surface area (Å²) in [5.41, 5.74) is -0.00916. The number of ketones is 1. The molecule has 2 aromatic rings. The number of alkyl halides is 3. The van der Waals surface area contributed by atoms with Crippen LogP contribution in [0.15, 0.2) is 36.4 Å². The van der Waals surface area contributed by atoms with Crippen molar-refractivity contribution in [2.75, 3.05) is 0 Å². The van der Waals surface area contributed by atoms with Gasteiger partial charge >= 0.3 is 6.36 Å². The first-order chi connectivity index (χ1) is 13.7. The molecule has 2 rings (SSSR count). The van der Waals surface area contributed by atoms with Crippen LogP contribution >= 0.6 is 0 Å². The minimum atomic E-state index is -4.81. The molecule has 1 aromatic carbocycles. The van der Waals surface area contributed by atoms with Crippen LogP contribution in [0, 0.1) is 6.92 Å². The molecule has 0 aliphatic heterocycles. The molecule has 1 unspecified atom stereocenters. The van der Waals surface area contributed by atoms with Gasteiger partial charge in [-0.25, -0.2) is 0 Å². The molecule has 2 N–H and O–H groups in total. The molecule has 162 valence electrons. The molecule has 0 spiro atoms. The van der Waals surface area contributed by atoms with Crippen molar-refractivity contribution in [1.82, 2.24) is 10.3 Å². The number of aryl methyl sites for hydroxylation is 1. The Balaban J connectivity index is 2.16. The molecule has 0 aliphatic carbocycles. The summed E-state index contributed by atoms with van der Waals surface area (Å²) in [5, 5.41) is 12.5. The van der Waals surface area contributed by atoms with E-state index in [1.807, 2.05) is 0 Å². The summed E-state index contributed by atoms with van der Waals surface area (Å²) in [4.78, 5) is 28.9. The molecule has 0 fully saturated rings. The van der Waals surface area contributed by atoms with Gasteiger partial charge in [0.25, 0.3) is 5.91 Å². The summed E-state index contributed by atoms with van der Waals surface area (Å²) in [6.07, 6.45) is -4.95. The number of nitrogens with one attached hydrogen (secondary N) is 1. The zero-order valence-corrected chi connectivity index (χ0v) is 17.0. The highest BCUT2D eigenvalue weighted by molar-refractivity contribution is 5.95. The lowest BCUT2D eigenvalue weighted by Crippen LogP contribution is -2.33. The highest BCUT2D eigenvalue weighted by Crippen LogP contribution is 2.25. The molecule has 1 heterocycles. The zero-order chi connectivity index (χ0) is 22.7. The Morgan fingerprint density at radius 1 is 1.20 bits per heavy atom. The summed E-state index contributed by atoms with van der Waals surface area (Å²) < 4.78 is 41.1. The topological polar surface area (TPSA) is 88.5 Å². The molecular formula is C21H23F3N2O4. The van der Waals surface area contributed by atoms with E-state index in [4.69, 9.17) is 0 Å². The number of amides is 1. The van der Waals surface area contributed by atoms with Crippen LogP contribution in [-0.4, -0.2) is 33.7 Å². The van der Waals surface area contributed by atoms with Gasteiger partial charge in [-0.2, -0.15) is 0 Å². The molecule has 30 heavy (non-hydrogen) atoms.